The lowest BCUT2D eigenvalue weighted by atomic mass is 10.1. The number of carbonyl (C=O) groups is 1. The van der Waals surface area contributed by atoms with E-state index in [1.807, 2.05) is 24.4 Å². The number of amides is 1. The highest BCUT2D eigenvalue weighted by atomic mass is 32.2. The molecule has 0 spiro atoms. The van der Waals surface area contributed by atoms with E-state index in [0.717, 1.165) is 30.5 Å². The largest absolute Gasteiger partial charge is 0.298 e. The highest BCUT2D eigenvalue weighted by Gasteiger charge is 2.30. The molecule has 1 aliphatic rings. The van der Waals surface area contributed by atoms with Crippen molar-refractivity contribution >= 4 is 32.4 Å². The second-order valence-electron chi connectivity index (χ2n) is 7.21. The molecule has 4 rings (SSSR count). The van der Waals surface area contributed by atoms with E-state index in [2.05, 4.69) is 15.3 Å². The molecular weight excluding hydrogens is 420 g/mol. The average Bonchev–Trinajstić information content (AvgIpc) is 3.23. The maximum absolute atomic E-state index is 12.9. The Morgan fingerprint density at radius 1 is 1.13 bits per heavy atom. The molecule has 0 radical (unpaired) electrons. The van der Waals surface area contributed by atoms with Crippen LogP contribution < -0.4 is 5.32 Å². The molecule has 2 aromatic heterocycles. The molecule has 3 aromatic rings. The van der Waals surface area contributed by atoms with Gasteiger partial charge >= 0.3 is 0 Å². The van der Waals surface area contributed by atoms with Crippen LogP contribution in [0.3, 0.4) is 0 Å². The molecule has 0 saturated carbocycles. The highest BCUT2D eigenvalue weighted by molar-refractivity contribution is 7.89. The van der Waals surface area contributed by atoms with Gasteiger partial charge in [-0.05, 0) is 56.2 Å². The van der Waals surface area contributed by atoms with E-state index >= 15 is 0 Å². The molecule has 0 bridgehead atoms. The summed E-state index contributed by atoms with van der Waals surface area (Å²) in [4.78, 5) is 21.2. The number of hydrogen-bond donors (Lipinski definition) is 1. The normalized spacial score (nSPS) is 17.6. The van der Waals surface area contributed by atoms with Crippen molar-refractivity contribution in [2.24, 2.45) is 0 Å². The zero-order chi connectivity index (χ0) is 21.1. The first kappa shape index (κ1) is 20.6. The van der Waals surface area contributed by atoms with E-state index in [-0.39, 0.29) is 16.8 Å². The fourth-order valence-corrected chi connectivity index (χ4v) is 5.91. The number of carbonyl (C=O) groups excluding carboxylic acids is 1. The first-order chi connectivity index (χ1) is 14.4. The van der Waals surface area contributed by atoms with Crippen LogP contribution >= 0.6 is 11.3 Å². The lowest BCUT2D eigenvalue weighted by molar-refractivity contribution is 0.102. The minimum atomic E-state index is -3.55. The second kappa shape index (κ2) is 8.63. The Labute approximate surface area is 179 Å². The third-order valence-corrected chi connectivity index (χ3v) is 7.95. The van der Waals surface area contributed by atoms with Gasteiger partial charge in [0.2, 0.25) is 10.0 Å². The number of pyridine rings is 1. The summed E-state index contributed by atoms with van der Waals surface area (Å²) in [7, 11) is -3.55. The maximum Gasteiger partial charge on any atom is 0.257 e. The van der Waals surface area contributed by atoms with Crippen LogP contribution in [0.2, 0.25) is 0 Å². The Morgan fingerprint density at radius 2 is 1.87 bits per heavy atom. The summed E-state index contributed by atoms with van der Waals surface area (Å²) in [5, 5.41) is 5.11. The van der Waals surface area contributed by atoms with E-state index in [1.165, 1.54) is 35.6 Å². The topological polar surface area (TPSA) is 92.3 Å². The van der Waals surface area contributed by atoms with Gasteiger partial charge in [-0.15, -0.1) is 11.3 Å². The molecule has 3 heterocycles. The Kier molecular flexibility index (Phi) is 5.94. The van der Waals surface area contributed by atoms with Gasteiger partial charge in [-0.1, -0.05) is 6.42 Å². The number of aromatic nitrogens is 2. The summed E-state index contributed by atoms with van der Waals surface area (Å²) in [5.74, 6) is -0.332. The summed E-state index contributed by atoms with van der Waals surface area (Å²) >= 11 is 1.33. The van der Waals surface area contributed by atoms with Crippen molar-refractivity contribution in [1.29, 1.82) is 0 Å². The SMILES string of the molecule is C[C@H]1CCCCN1S(=O)(=O)c1ccc(C(=O)Nc2nc(-c3ccncc3)cs2)cc1. The fourth-order valence-electron chi connectivity index (χ4n) is 3.50. The Bertz CT molecular complexity index is 1130. The monoisotopic (exact) mass is 442 g/mol. The Balaban J connectivity index is 1.46. The van der Waals surface area contributed by atoms with Crippen molar-refractivity contribution in [2.45, 2.75) is 37.1 Å². The van der Waals surface area contributed by atoms with E-state index in [9.17, 15) is 13.2 Å². The molecule has 156 valence electrons. The van der Waals surface area contributed by atoms with Gasteiger partial charge in [0.1, 0.15) is 0 Å². The number of benzene rings is 1. The van der Waals surface area contributed by atoms with Crippen molar-refractivity contribution in [3.05, 3.63) is 59.7 Å². The van der Waals surface area contributed by atoms with Crippen LogP contribution in [-0.2, 0) is 10.0 Å². The maximum atomic E-state index is 12.9. The number of anilines is 1. The molecule has 7 nitrogen and oxygen atoms in total. The predicted octanol–water partition coefficient (Wildman–Crippen LogP) is 4.02. The molecule has 1 amide bonds. The van der Waals surface area contributed by atoms with Gasteiger partial charge in [-0.2, -0.15) is 4.31 Å². The number of sulfonamides is 1. The molecule has 1 saturated heterocycles. The zero-order valence-corrected chi connectivity index (χ0v) is 18.1. The number of thiazole rings is 1. The number of hydrogen-bond acceptors (Lipinski definition) is 6. The van der Waals surface area contributed by atoms with Gasteiger partial charge in [0.05, 0.1) is 10.6 Å². The molecule has 1 N–H and O–H groups in total. The van der Waals surface area contributed by atoms with Crippen LogP contribution in [0.25, 0.3) is 11.3 Å². The summed E-state index contributed by atoms with van der Waals surface area (Å²) in [6.45, 7) is 2.47. The van der Waals surface area contributed by atoms with Gasteiger partial charge in [0.25, 0.3) is 5.91 Å². The number of rotatable bonds is 5. The van der Waals surface area contributed by atoms with Crippen LogP contribution in [0.5, 0.6) is 0 Å². The molecule has 0 aliphatic carbocycles. The minimum absolute atomic E-state index is 0.00813. The van der Waals surface area contributed by atoms with Crippen LogP contribution in [-0.4, -0.2) is 41.2 Å². The van der Waals surface area contributed by atoms with Crippen LogP contribution in [0, 0.1) is 0 Å². The lowest BCUT2D eigenvalue weighted by Crippen LogP contribution is -2.41. The summed E-state index contributed by atoms with van der Waals surface area (Å²) < 4.78 is 27.4. The average molecular weight is 443 g/mol. The van der Waals surface area contributed by atoms with E-state index in [1.54, 1.807) is 16.7 Å². The Hall–Kier alpha value is -2.62. The number of nitrogens with one attached hydrogen (secondary N) is 1. The summed E-state index contributed by atoms with van der Waals surface area (Å²) in [6, 6.07) is 9.76. The van der Waals surface area contributed by atoms with Gasteiger partial charge in [-0.25, -0.2) is 13.4 Å². The van der Waals surface area contributed by atoms with Gasteiger partial charge < -0.3 is 0 Å². The van der Waals surface area contributed by atoms with Crippen LogP contribution in [0.1, 0.15) is 36.5 Å². The van der Waals surface area contributed by atoms with Gasteiger partial charge in [0.15, 0.2) is 5.13 Å². The standard InChI is InChI=1S/C21H22N4O3S2/c1-15-4-2-3-13-25(15)30(27,28)18-7-5-17(6-8-18)20(26)24-21-23-19(14-29-21)16-9-11-22-12-10-16/h5-12,14-15H,2-4,13H2,1H3,(H,23,24,26)/t15-/m0/s1. The summed E-state index contributed by atoms with van der Waals surface area (Å²) in [5.41, 5.74) is 2.05. The summed E-state index contributed by atoms with van der Waals surface area (Å²) in [6.07, 6.45) is 6.17. The quantitative estimate of drug-likeness (QED) is 0.644. The first-order valence-corrected chi connectivity index (χ1v) is 12.1. The fraction of sp³-hybridized carbons (Fsp3) is 0.286. The third-order valence-electron chi connectivity index (χ3n) is 5.17. The van der Waals surface area contributed by atoms with E-state index in [4.69, 9.17) is 0 Å². The smallest absolute Gasteiger partial charge is 0.257 e. The molecule has 1 aliphatic heterocycles. The van der Waals surface area contributed by atoms with Crippen molar-refractivity contribution in [3.8, 4) is 11.3 Å². The molecule has 1 aromatic carbocycles. The van der Waals surface area contributed by atoms with Crippen molar-refractivity contribution in [2.75, 3.05) is 11.9 Å². The Morgan fingerprint density at radius 3 is 2.57 bits per heavy atom. The molecular formula is C21H22N4O3S2. The molecule has 1 atom stereocenters. The third kappa shape index (κ3) is 4.28. The van der Waals surface area contributed by atoms with Crippen molar-refractivity contribution < 1.29 is 13.2 Å². The molecule has 1 fully saturated rings. The van der Waals surface area contributed by atoms with Crippen LogP contribution in [0.15, 0.2) is 59.1 Å². The molecule has 0 unspecified atom stereocenters. The van der Waals surface area contributed by atoms with E-state index in [0.29, 0.717) is 17.2 Å². The van der Waals surface area contributed by atoms with Gasteiger partial charge in [-0.3, -0.25) is 15.1 Å². The van der Waals surface area contributed by atoms with Gasteiger partial charge in [0, 0.05) is 41.5 Å². The van der Waals surface area contributed by atoms with Crippen molar-refractivity contribution in [1.82, 2.24) is 14.3 Å². The lowest BCUT2D eigenvalue weighted by Gasteiger charge is -2.32. The number of piperidine rings is 1. The first-order valence-electron chi connectivity index (χ1n) is 9.74. The minimum Gasteiger partial charge on any atom is -0.298 e. The second-order valence-corrected chi connectivity index (χ2v) is 9.96. The number of nitrogens with zero attached hydrogens (tertiary/aromatic N) is 3. The highest BCUT2D eigenvalue weighted by Crippen LogP contribution is 2.26. The molecule has 9 heteroatoms. The van der Waals surface area contributed by atoms with Crippen LogP contribution in [0.4, 0.5) is 5.13 Å². The zero-order valence-electron chi connectivity index (χ0n) is 16.5. The van der Waals surface area contributed by atoms with E-state index < -0.39 is 10.0 Å². The van der Waals surface area contributed by atoms with Crippen molar-refractivity contribution in [3.63, 3.8) is 0 Å². The predicted molar refractivity (Wildman–Crippen MR) is 117 cm³/mol. The molecule has 30 heavy (non-hydrogen) atoms.